The number of carbonyl (C=O) groups excluding carboxylic acids is 1. The summed E-state index contributed by atoms with van der Waals surface area (Å²) in [5.74, 6) is 0.337. The third-order valence-corrected chi connectivity index (χ3v) is 6.03. The topological polar surface area (TPSA) is 99.2 Å². The molecule has 0 amide bonds. The fourth-order valence-corrected chi connectivity index (χ4v) is 3.49. The summed E-state index contributed by atoms with van der Waals surface area (Å²) >= 11 is 0. The Morgan fingerprint density at radius 2 is 1.33 bits per heavy atom. The van der Waals surface area contributed by atoms with E-state index in [2.05, 4.69) is 12.3 Å². The van der Waals surface area contributed by atoms with Crippen molar-refractivity contribution in [3.8, 4) is 0 Å². The molecule has 0 rings (SSSR count). The highest BCUT2D eigenvalue weighted by Crippen LogP contribution is 2.11. The maximum absolute atomic E-state index is 11.1. The highest BCUT2D eigenvalue weighted by atomic mass is 32.2. The van der Waals surface area contributed by atoms with E-state index in [0.717, 1.165) is 17.3 Å². The second-order valence-electron chi connectivity index (χ2n) is 8.86. The molecule has 0 aliphatic heterocycles. The maximum Gasteiger partial charge on any atom is 0.349 e. The molecule has 0 spiro atoms. The molecule has 0 aliphatic carbocycles. The quantitative estimate of drug-likeness (QED) is 0.0958. The van der Waals surface area contributed by atoms with Crippen molar-refractivity contribution >= 4 is 16.3 Å². The fraction of sp³-hybridized carbons (Fsp3) is 0.958. The van der Waals surface area contributed by atoms with E-state index in [1.165, 1.54) is 76.4 Å². The van der Waals surface area contributed by atoms with E-state index in [1.807, 2.05) is 20.8 Å². The lowest BCUT2D eigenvalue weighted by Crippen LogP contribution is -2.51. The Morgan fingerprint density at radius 1 is 0.879 bits per heavy atom. The summed E-state index contributed by atoms with van der Waals surface area (Å²) in [6, 6.07) is 0. The van der Waals surface area contributed by atoms with Crippen LogP contribution in [0.25, 0.3) is 0 Å². The molecule has 0 fully saturated rings. The summed E-state index contributed by atoms with van der Waals surface area (Å²) in [6.45, 7) is 11.6. The minimum absolute atomic E-state index is 0.108. The van der Waals surface area contributed by atoms with Crippen LogP contribution in [-0.2, 0) is 19.8 Å². The lowest BCUT2D eigenvalue weighted by molar-refractivity contribution is -0.144. The van der Waals surface area contributed by atoms with Crippen LogP contribution in [-0.4, -0.2) is 55.2 Å². The van der Waals surface area contributed by atoms with E-state index in [1.54, 1.807) is 6.92 Å². The van der Waals surface area contributed by atoms with E-state index in [0.29, 0.717) is 32.0 Å². The van der Waals surface area contributed by atoms with Gasteiger partial charge in [-0.25, -0.2) is 5.43 Å². The van der Waals surface area contributed by atoms with Crippen molar-refractivity contribution in [2.75, 3.05) is 26.7 Å². The van der Waals surface area contributed by atoms with E-state index in [4.69, 9.17) is 9.29 Å². The molecule has 8 nitrogen and oxygen atoms in total. The first-order chi connectivity index (χ1) is 15.6. The summed E-state index contributed by atoms with van der Waals surface area (Å²) in [6.07, 6.45) is 16.1. The largest absolute Gasteiger partial charge is 0.465 e. The summed E-state index contributed by atoms with van der Waals surface area (Å²) in [7, 11) is -2.86. The third kappa shape index (κ3) is 24.2. The molecule has 0 saturated heterocycles. The van der Waals surface area contributed by atoms with Gasteiger partial charge in [-0.1, -0.05) is 98.3 Å². The lowest BCUT2D eigenvalue weighted by Gasteiger charge is -2.28. The minimum atomic E-state index is -4.19. The molecule has 0 aromatic heterocycles. The number of unbranched alkanes of at least 4 members (excludes halogenated alkanes) is 11. The Morgan fingerprint density at radius 3 is 1.70 bits per heavy atom. The predicted molar refractivity (Wildman–Crippen MR) is 137 cm³/mol. The van der Waals surface area contributed by atoms with Crippen LogP contribution in [0.3, 0.4) is 0 Å². The number of ether oxygens (including phenoxy) is 1. The van der Waals surface area contributed by atoms with Gasteiger partial charge in [0.25, 0.3) is 0 Å². The zero-order valence-corrected chi connectivity index (χ0v) is 23.1. The van der Waals surface area contributed by atoms with Crippen molar-refractivity contribution in [3.05, 3.63) is 0 Å². The zero-order valence-electron chi connectivity index (χ0n) is 22.3. The van der Waals surface area contributed by atoms with Gasteiger partial charge in [-0.05, 0) is 19.3 Å². The molecule has 0 radical (unpaired) electrons. The van der Waals surface area contributed by atoms with Crippen molar-refractivity contribution in [2.45, 2.75) is 118 Å². The monoisotopic (exact) mass is 495 g/mol. The molecule has 2 N–H and O–H groups in total. The smallest absolute Gasteiger partial charge is 0.349 e. The number of nitrogens with one attached hydrogen (secondary N) is 1. The first-order valence-electron chi connectivity index (χ1n) is 13.0. The number of nitrogens with zero attached hydrogens (tertiary/aromatic N) is 2. The normalized spacial score (nSPS) is 11.7. The zero-order chi connectivity index (χ0) is 25.5. The van der Waals surface area contributed by atoms with Gasteiger partial charge in [-0.15, -0.1) is 4.41 Å². The van der Waals surface area contributed by atoms with Gasteiger partial charge in [-0.2, -0.15) is 13.5 Å². The molecular weight excluding hydrogens is 442 g/mol. The Bertz CT molecular complexity index is 544. The molecule has 0 aromatic rings. The SMILES string of the molecule is CCC(=O)OCC(C)C.CCCCCCCCCCCCCCNN(CC)N(C)S(=O)(=O)O. The van der Waals surface area contributed by atoms with Gasteiger partial charge < -0.3 is 4.74 Å². The van der Waals surface area contributed by atoms with Gasteiger partial charge >= 0.3 is 16.3 Å². The maximum atomic E-state index is 11.1. The first-order valence-corrected chi connectivity index (χ1v) is 14.4. The minimum Gasteiger partial charge on any atom is -0.465 e. The van der Waals surface area contributed by atoms with Gasteiger partial charge in [-0.3, -0.25) is 9.35 Å². The summed E-state index contributed by atoms with van der Waals surface area (Å²) in [5, 5.41) is 1.41. The van der Waals surface area contributed by atoms with E-state index >= 15 is 0 Å². The van der Waals surface area contributed by atoms with Gasteiger partial charge in [0.2, 0.25) is 0 Å². The molecule has 0 aliphatic rings. The molecular formula is C24H53N3O5S. The standard InChI is InChI=1S/C17H39N3O3S.C7H14O2/c1-4-6-7-8-9-10-11-12-13-14-15-16-17-18-20(5-2)19(3)24(21,22)23;1-4-7(8)9-5-6(2)3/h18H,4-17H2,1-3H3,(H,21,22,23);6H,4-5H2,1-3H3. The van der Waals surface area contributed by atoms with Crippen molar-refractivity contribution in [1.82, 2.24) is 15.0 Å². The van der Waals surface area contributed by atoms with Crippen LogP contribution >= 0.6 is 0 Å². The molecule has 33 heavy (non-hydrogen) atoms. The van der Waals surface area contributed by atoms with Crippen LogP contribution < -0.4 is 5.43 Å². The lowest BCUT2D eigenvalue weighted by atomic mass is 10.1. The predicted octanol–water partition coefficient (Wildman–Crippen LogP) is 5.76. The van der Waals surface area contributed by atoms with Crippen LogP contribution in [0.5, 0.6) is 0 Å². The van der Waals surface area contributed by atoms with Gasteiger partial charge in [0.15, 0.2) is 0 Å². The number of esters is 1. The molecule has 0 atom stereocenters. The van der Waals surface area contributed by atoms with Gasteiger partial charge in [0.1, 0.15) is 0 Å². The summed E-state index contributed by atoms with van der Waals surface area (Å²) in [5.41, 5.74) is 3.03. The number of hydrogen-bond donors (Lipinski definition) is 2. The number of carbonyl (C=O) groups is 1. The summed E-state index contributed by atoms with van der Waals surface area (Å²) < 4.78 is 36.8. The first kappa shape index (κ1) is 34.4. The molecule has 0 saturated carbocycles. The van der Waals surface area contributed by atoms with Crippen molar-refractivity contribution < 1.29 is 22.5 Å². The van der Waals surface area contributed by atoms with E-state index in [9.17, 15) is 13.2 Å². The number of hydrazine groups is 2. The molecule has 0 aromatic carbocycles. The molecule has 0 unspecified atom stereocenters. The van der Waals surface area contributed by atoms with Crippen LogP contribution in [0.15, 0.2) is 0 Å². The fourth-order valence-electron chi connectivity index (χ4n) is 3.07. The number of rotatable bonds is 20. The average Bonchev–Trinajstić information content (AvgIpc) is 2.77. The van der Waals surface area contributed by atoms with Crippen molar-refractivity contribution in [1.29, 1.82) is 0 Å². The van der Waals surface area contributed by atoms with Crippen LogP contribution in [0.2, 0.25) is 0 Å². The Balaban J connectivity index is 0. The Hall–Kier alpha value is -0.740. The van der Waals surface area contributed by atoms with Crippen molar-refractivity contribution in [2.24, 2.45) is 5.92 Å². The van der Waals surface area contributed by atoms with Crippen LogP contribution in [0.4, 0.5) is 0 Å². The summed E-state index contributed by atoms with van der Waals surface area (Å²) in [4.78, 5) is 10.5. The third-order valence-electron chi connectivity index (χ3n) is 5.16. The second-order valence-corrected chi connectivity index (χ2v) is 10.3. The highest BCUT2D eigenvalue weighted by Gasteiger charge is 2.19. The Kier molecular flexibility index (Phi) is 24.0. The number of hydrogen-bond acceptors (Lipinski definition) is 6. The second kappa shape index (κ2) is 23.0. The molecule has 9 heteroatoms. The van der Waals surface area contributed by atoms with Crippen LogP contribution in [0.1, 0.15) is 118 Å². The molecule has 200 valence electrons. The van der Waals surface area contributed by atoms with E-state index in [-0.39, 0.29) is 5.97 Å². The molecule has 0 heterocycles. The van der Waals surface area contributed by atoms with E-state index < -0.39 is 10.3 Å². The van der Waals surface area contributed by atoms with Gasteiger partial charge in [0.05, 0.1) is 6.61 Å². The average molecular weight is 496 g/mol. The highest BCUT2D eigenvalue weighted by molar-refractivity contribution is 7.83. The van der Waals surface area contributed by atoms with Crippen LogP contribution in [0, 0.1) is 5.92 Å². The van der Waals surface area contributed by atoms with Gasteiger partial charge in [0, 0.05) is 26.6 Å². The molecule has 0 bridgehead atoms. The van der Waals surface area contributed by atoms with Crippen molar-refractivity contribution in [3.63, 3.8) is 0 Å². The Labute approximate surface area is 204 Å².